The molecule has 2 rings (SSSR count). The first-order valence-electron chi connectivity index (χ1n) is 7.23. The van der Waals surface area contributed by atoms with Crippen LogP contribution < -0.4 is 5.32 Å². The molecule has 19 heavy (non-hydrogen) atoms. The molecule has 0 saturated heterocycles. The fraction of sp³-hybridized carbons (Fsp3) is 0.562. The van der Waals surface area contributed by atoms with Crippen LogP contribution in [0.4, 0.5) is 4.79 Å². The lowest BCUT2D eigenvalue weighted by atomic mass is 9.82. The molecule has 1 aliphatic rings. The minimum absolute atomic E-state index is 0.412. The highest BCUT2D eigenvalue weighted by Gasteiger charge is 2.16. The van der Waals surface area contributed by atoms with Crippen molar-refractivity contribution in [3.05, 3.63) is 35.9 Å². The van der Waals surface area contributed by atoms with Crippen molar-refractivity contribution < 1.29 is 9.53 Å². The molecule has 1 aromatic carbocycles. The van der Waals surface area contributed by atoms with E-state index in [0.29, 0.717) is 13.2 Å². The molecule has 1 radical (unpaired) electrons. The van der Waals surface area contributed by atoms with Crippen LogP contribution in [0.25, 0.3) is 0 Å². The zero-order chi connectivity index (χ0) is 13.3. The fourth-order valence-corrected chi connectivity index (χ4v) is 2.28. The predicted octanol–water partition coefficient (Wildman–Crippen LogP) is 3.55. The second-order valence-corrected chi connectivity index (χ2v) is 5.17. The molecular formula is C16H22NO2. The summed E-state index contributed by atoms with van der Waals surface area (Å²) in [5.41, 5.74) is 1.18. The van der Waals surface area contributed by atoms with Crippen LogP contribution >= 0.6 is 0 Å². The van der Waals surface area contributed by atoms with Gasteiger partial charge in [-0.2, -0.15) is 0 Å². The summed E-state index contributed by atoms with van der Waals surface area (Å²) in [7, 11) is 0. The molecule has 0 spiro atoms. The second kappa shape index (κ2) is 7.82. The average Bonchev–Trinajstić information content (AvgIpc) is 2.37. The topological polar surface area (TPSA) is 40.4 Å². The van der Waals surface area contributed by atoms with Crippen molar-refractivity contribution in [1.82, 2.24) is 5.32 Å². The summed E-state index contributed by atoms with van der Waals surface area (Å²) in [5.74, 6) is 0.893. The highest BCUT2D eigenvalue weighted by atomic mass is 16.5. The van der Waals surface area contributed by atoms with Gasteiger partial charge in [-0.1, -0.05) is 49.6 Å². The summed E-state index contributed by atoms with van der Waals surface area (Å²) in [4.78, 5) is 11.4. The van der Waals surface area contributed by atoms with E-state index in [2.05, 4.69) is 5.32 Å². The molecular weight excluding hydrogens is 238 g/mol. The summed E-state index contributed by atoms with van der Waals surface area (Å²) in [6.45, 7) is 1.02. The minimum Gasteiger partial charge on any atom is -0.448 e. The second-order valence-electron chi connectivity index (χ2n) is 5.17. The van der Waals surface area contributed by atoms with Gasteiger partial charge in [-0.05, 0) is 24.3 Å². The van der Waals surface area contributed by atoms with Crippen LogP contribution in [-0.4, -0.2) is 19.2 Å². The van der Waals surface area contributed by atoms with E-state index in [1.165, 1.54) is 31.2 Å². The Morgan fingerprint density at radius 3 is 2.74 bits per heavy atom. The molecule has 3 heteroatoms. The van der Waals surface area contributed by atoms with Crippen LogP contribution in [0.15, 0.2) is 30.3 Å². The fourth-order valence-electron chi connectivity index (χ4n) is 2.28. The van der Waals surface area contributed by atoms with Gasteiger partial charge >= 0.3 is 6.09 Å². The van der Waals surface area contributed by atoms with Gasteiger partial charge in [0.05, 0.1) is 6.61 Å². The third kappa shape index (κ3) is 5.33. The Labute approximate surface area is 115 Å². The van der Waals surface area contributed by atoms with E-state index in [9.17, 15) is 4.79 Å². The molecule has 0 unspecified atom stereocenters. The van der Waals surface area contributed by atoms with Crippen LogP contribution in [0.3, 0.4) is 0 Å². The maximum absolute atomic E-state index is 11.4. The number of hydrogen-bond donors (Lipinski definition) is 0. The first-order valence-corrected chi connectivity index (χ1v) is 7.23. The van der Waals surface area contributed by atoms with Crippen LogP contribution in [0, 0.1) is 5.92 Å². The van der Waals surface area contributed by atoms with Crippen molar-refractivity contribution >= 4 is 6.09 Å². The Morgan fingerprint density at radius 1 is 1.26 bits per heavy atom. The molecule has 1 saturated carbocycles. The number of hydrogen-bond acceptors (Lipinski definition) is 2. The maximum Gasteiger partial charge on any atom is 0.428 e. The van der Waals surface area contributed by atoms with Crippen LogP contribution in [-0.2, 0) is 11.2 Å². The van der Waals surface area contributed by atoms with Gasteiger partial charge in [0.1, 0.15) is 0 Å². The maximum atomic E-state index is 11.4. The summed E-state index contributed by atoms with van der Waals surface area (Å²) in [5, 5.41) is 3.92. The lowest BCUT2D eigenvalue weighted by Crippen LogP contribution is -2.20. The zero-order valence-electron chi connectivity index (χ0n) is 11.4. The van der Waals surface area contributed by atoms with Crippen molar-refractivity contribution in [2.24, 2.45) is 5.92 Å². The molecule has 1 fully saturated rings. The smallest absolute Gasteiger partial charge is 0.428 e. The number of benzene rings is 1. The van der Waals surface area contributed by atoms with E-state index in [-0.39, 0.29) is 0 Å². The van der Waals surface area contributed by atoms with E-state index >= 15 is 0 Å². The molecule has 1 amide bonds. The van der Waals surface area contributed by atoms with Crippen molar-refractivity contribution in [2.45, 2.75) is 38.5 Å². The van der Waals surface area contributed by atoms with Gasteiger partial charge in [-0.3, -0.25) is 0 Å². The SMILES string of the molecule is O=C([N]CCCC1CCC1)OCCc1ccccc1. The van der Waals surface area contributed by atoms with E-state index < -0.39 is 6.09 Å². The standard InChI is InChI=1S/C16H22NO2/c18-16(17-12-5-10-14-8-4-9-14)19-13-11-15-6-2-1-3-7-15/h1-3,6-7,14H,4-5,8-13H2. The molecule has 0 aromatic heterocycles. The van der Waals surface area contributed by atoms with E-state index in [1.807, 2.05) is 30.3 Å². The molecule has 0 N–H and O–H groups in total. The Hall–Kier alpha value is -1.51. The Morgan fingerprint density at radius 2 is 2.05 bits per heavy atom. The summed E-state index contributed by atoms with van der Waals surface area (Å²) in [6.07, 6.45) is 6.67. The first-order chi connectivity index (χ1) is 9.34. The number of carbonyl (C=O) groups is 1. The number of ether oxygens (including phenoxy) is 1. The van der Waals surface area contributed by atoms with Gasteiger partial charge in [0.15, 0.2) is 0 Å². The normalized spacial score (nSPS) is 14.7. The summed E-state index contributed by atoms with van der Waals surface area (Å²) >= 11 is 0. The van der Waals surface area contributed by atoms with Crippen molar-refractivity contribution in [3.63, 3.8) is 0 Å². The van der Waals surface area contributed by atoms with Crippen molar-refractivity contribution in [3.8, 4) is 0 Å². The van der Waals surface area contributed by atoms with Crippen molar-refractivity contribution in [1.29, 1.82) is 0 Å². The van der Waals surface area contributed by atoms with Crippen LogP contribution in [0.1, 0.15) is 37.7 Å². The van der Waals surface area contributed by atoms with Gasteiger partial charge in [-0.25, -0.2) is 10.1 Å². The lowest BCUT2D eigenvalue weighted by molar-refractivity contribution is 0.146. The molecule has 0 heterocycles. The predicted molar refractivity (Wildman–Crippen MR) is 75.1 cm³/mol. The van der Waals surface area contributed by atoms with Gasteiger partial charge in [0.25, 0.3) is 0 Å². The van der Waals surface area contributed by atoms with Crippen molar-refractivity contribution in [2.75, 3.05) is 13.2 Å². The Balaban J connectivity index is 1.47. The number of amides is 1. The number of rotatable bonds is 7. The molecule has 0 aliphatic heterocycles. The molecule has 3 nitrogen and oxygen atoms in total. The van der Waals surface area contributed by atoms with Gasteiger partial charge in [-0.15, -0.1) is 0 Å². The quantitative estimate of drug-likeness (QED) is 0.703. The molecule has 0 atom stereocenters. The molecule has 1 aliphatic carbocycles. The van der Waals surface area contributed by atoms with E-state index in [0.717, 1.165) is 18.8 Å². The average molecular weight is 260 g/mol. The third-order valence-electron chi connectivity index (χ3n) is 3.70. The highest BCUT2D eigenvalue weighted by Crippen LogP contribution is 2.30. The van der Waals surface area contributed by atoms with E-state index in [4.69, 9.17) is 4.74 Å². The summed E-state index contributed by atoms with van der Waals surface area (Å²) in [6, 6.07) is 10.0. The van der Waals surface area contributed by atoms with Gasteiger partial charge < -0.3 is 4.74 Å². The summed E-state index contributed by atoms with van der Waals surface area (Å²) < 4.78 is 5.09. The lowest BCUT2D eigenvalue weighted by Gasteiger charge is -2.24. The first kappa shape index (κ1) is 13.9. The minimum atomic E-state index is -0.412. The largest absolute Gasteiger partial charge is 0.448 e. The molecule has 1 aromatic rings. The number of carbonyl (C=O) groups excluding carboxylic acids is 1. The van der Waals surface area contributed by atoms with Gasteiger partial charge in [0, 0.05) is 13.0 Å². The zero-order valence-corrected chi connectivity index (χ0v) is 11.4. The monoisotopic (exact) mass is 260 g/mol. The molecule has 103 valence electrons. The Kier molecular flexibility index (Phi) is 5.73. The number of nitrogens with zero attached hydrogens (tertiary/aromatic N) is 1. The molecule has 0 bridgehead atoms. The highest BCUT2D eigenvalue weighted by molar-refractivity contribution is 5.66. The third-order valence-corrected chi connectivity index (χ3v) is 3.70. The van der Waals surface area contributed by atoms with Gasteiger partial charge in [0.2, 0.25) is 0 Å². The van der Waals surface area contributed by atoms with E-state index in [1.54, 1.807) is 0 Å². The van der Waals surface area contributed by atoms with Crippen LogP contribution in [0.2, 0.25) is 0 Å². The van der Waals surface area contributed by atoms with Crippen LogP contribution in [0.5, 0.6) is 0 Å². The Bertz CT molecular complexity index is 374.